The van der Waals surface area contributed by atoms with Crippen molar-refractivity contribution in [1.29, 1.82) is 0 Å². The average Bonchev–Trinajstić information content (AvgIpc) is 3.26. The molecule has 30 heavy (non-hydrogen) atoms. The molecule has 7 nitrogen and oxygen atoms in total. The van der Waals surface area contributed by atoms with Crippen LogP contribution >= 0.6 is 0 Å². The maximum absolute atomic E-state index is 12.4. The summed E-state index contributed by atoms with van der Waals surface area (Å²) < 4.78 is 38.1. The molecule has 0 bridgehead atoms. The molecule has 1 aliphatic heterocycles. The fourth-order valence-corrected chi connectivity index (χ4v) is 4.07. The van der Waals surface area contributed by atoms with Crippen LogP contribution in [0.25, 0.3) is 6.08 Å². The van der Waals surface area contributed by atoms with Crippen molar-refractivity contribution in [3.63, 3.8) is 0 Å². The minimum Gasteiger partial charge on any atom is -0.494 e. The van der Waals surface area contributed by atoms with Crippen LogP contribution in [-0.4, -0.2) is 40.2 Å². The highest BCUT2D eigenvalue weighted by molar-refractivity contribution is 7.89. The van der Waals surface area contributed by atoms with Crippen LogP contribution in [0, 0.1) is 0 Å². The molecule has 0 aromatic heterocycles. The average molecular weight is 431 g/mol. The van der Waals surface area contributed by atoms with Crippen molar-refractivity contribution >= 4 is 27.7 Å². The van der Waals surface area contributed by atoms with Gasteiger partial charge >= 0.3 is 0 Å². The van der Waals surface area contributed by atoms with Gasteiger partial charge in [-0.1, -0.05) is 12.1 Å². The normalized spacial score (nSPS) is 16.6. The zero-order chi connectivity index (χ0) is 21.4. The van der Waals surface area contributed by atoms with E-state index in [1.165, 1.54) is 18.2 Å². The number of carbonyl (C=O) groups is 1. The Labute approximate surface area is 177 Å². The number of hydrogen-bond acceptors (Lipinski definition) is 5. The van der Waals surface area contributed by atoms with Gasteiger partial charge in [0.2, 0.25) is 15.9 Å². The van der Waals surface area contributed by atoms with Gasteiger partial charge in [0, 0.05) is 24.9 Å². The molecule has 1 atom stereocenters. The number of benzene rings is 2. The van der Waals surface area contributed by atoms with E-state index in [0.717, 1.165) is 24.2 Å². The van der Waals surface area contributed by atoms with Crippen molar-refractivity contribution in [3.8, 4) is 5.75 Å². The van der Waals surface area contributed by atoms with Crippen molar-refractivity contribution in [3.05, 3.63) is 60.2 Å². The quantitative estimate of drug-likeness (QED) is 0.596. The van der Waals surface area contributed by atoms with E-state index in [-0.39, 0.29) is 23.5 Å². The molecule has 1 aliphatic rings. The summed E-state index contributed by atoms with van der Waals surface area (Å²) in [6.45, 7) is 3.45. The lowest BCUT2D eigenvalue weighted by molar-refractivity contribution is -0.111. The van der Waals surface area contributed by atoms with Gasteiger partial charge in [-0.15, -0.1) is 0 Å². The zero-order valence-electron chi connectivity index (χ0n) is 16.8. The minimum atomic E-state index is -3.61. The van der Waals surface area contributed by atoms with Gasteiger partial charge in [-0.05, 0) is 67.8 Å². The second-order valence-corrected chi connectivity index (χ2v) is 8.60. The number of nitrogens with one attached hydrogen (secondary N) is 2. The van der Waals surface area contributed by atoms with Crippen LogP contribution in [0.15, 0.2) is 59.5 Å². The Hall–Kier alpha value is -2.68. The first-order valence-corrected chi connectivity index (χ1v) is 11.4. The second-order valence-electron chi connectivity index (χ2n) is 6.84. The van der Waals surface area contributed by atoms with Gasteiger partial charge in [0.15, 0.2) is 0 Å². The van der Waals surface area contributed by atoms with E-state index < -0.39 is 10.0 Å². The maximum atomic E-state index is 12.4. The largest absolute Gasteiger partial charge is 0.494 e. The van der Waals surface area contributed by atoms with Crippen LogP contribution in [0.3, 0.4) is 0 Å². The number of hydrogen-bond donors (Lipinski definition) is 2. The molecule has 8 heteroatoms. The summed E-state index contributed by atoms with van der Waals surface area (Å²) in [7, 11) is -3.61. The van der Waals surface area contributed by atoms with Gasteiger partial charge < -0.3 is 14.8 Å². The Morgan fingerprint density at radius 1 is 1.17 bits per heavy atom. The van der Waals surface area contributed by atoms with E-state index in [4.69, 9.17) is 9.47 Å². The van der Waals surface area contributed by atoms with Gasteiger partial charge in [0.1, 0.15) is 5.75 Å². The zero-order valence-corrected chi connectivity index (χ0v) is 17.7. The van der Waals surface area contributed by atoms with Crippen LogP contribution in [0.1, 0.15) is 25.3 Å². The van der Waals surface area contributed by atoms with Crippen LogP contribution in [-0.2, 0) is 19.6 Å². The number of rotatable bonds is 9. The lowest BCUT2D eigenvalue weighted by atomic mass is 10.2. The van der Waals surface area contributed by atoms with Gasteiger partial charge in [-0.25, -0.2) is 13.1 Å². The van der Waals surface area contributed by atoms with E-state index >= 15 is 0 Å². The standard InChI is InChI=1S/C22H26N2O5S/c1-2-28-19-10-5-17(6-11-19)7-14-22(25)24-18-8-12-21(13-9-18)30(26,27)23-16-20-4-3-15-29-20/h5-14,20,23H,2-4,15-16H2,1H3,(H,24,25)/b14-7+. The van der Waals surface area contributed by atoms with E-state index in [0.29, 0.717) is 18.9 Å². The van der Waals surface area contributed by atoms with E-state index in [1.807, 2.05) is 31.2 Å². The van der Waals surface area contributed by atoms with E-state index in [2.05, 4.69) is 10.0 Å². The molecule has 0 saturated carbocycles. The molecule has 1 amide bonds. The Morgan fingerprint density at radius 2 is 1.90 bits per heavy atom. The number of carbonyl (C=O) groups excluding carboxylic acids is 1. The molecule has 0 spiro atoms. The molecule has 0 radical (unpaired) electrons. The number of amides is 1. The molecule has 2 N–H and O–H groups in total. The minimum absolute atomic E-state index is 0.0690. The molecule has 2 aromatic carbocycles. The SMILES string of the molecule is CCOc1ccc(/C=C/C(=O)Nc2ccc(S(=O)(=O)NCC3CCCO3)cc2)cc1. The van der Waals surface area contributed by atoms with Crippen molar-refractivity contribution in [2.75, 3.05) is 25.1 Å². The molecule has 1 unspecified atom stereocenters. The van der Waals surface area contributed by atoms with Crippen LogP contribution in [0.4, 0.5) is 5.69 Å². The third kappa shape index (κ3) is 6.41. The highest BCUT2D eigenvalue weighted by Crippen LogP contribution is 2.16. The first kappa shape index (κ1) is 22.0. The monoisotopic (exact) mass is 430 g/mol. The molecule has 2 aromatic rings. The number of ether oxygens (including phenoxy) is 2. The molecular formula is C22H26N2O5S. The lowest BCUT2D eigenvalue weighted by Gasteiger charge is -2.11. The smallest absolute Gasteiger partial charge is 0.248 e. The van der Waals surface area contributed by atoms with Gasteiger partial charge in [-0.2, -0.15) is 0 Å². The molecule has 1 heterocycles. The summed E-state index contributed by atoms with van der Waals surface area (Å²) in [4.78, 5) is 12.3. The molecule has 160 valence electrons. The van der Waals surface area contributed by atoms with Crippen LogP contribution in [0.2, 0.25) is 0 Å². The molecule has 1 fully saturated rings. The van der Waals surface area contributed by atoms with Crippen molar-refractivity contribution in [1.82, 2.24) is 4.72 Å². The fraction of sp³-hybridized carbons (Fsp3) is 0.318. The van der Waals surface area contributed by atoms with Crippen molar-refractivity contribution in [2.24, 2.45) is 0 Å². The Morgan fingerprint density at radius 3 is 2.53 bits per heavy atom. The first-order chi connectivity index (χ1) is 14.5. The van der Waals surface area contributed by atoms with Crippen molar-refractivity contribution < 1.29 is 22.7 Å². The van der Waals surface area contributed by atoms with Crippen LogP contribution < -0.4 is 14.8 Å². The first-order valence-electron chi connectivity index (χ1n) is 9.89. The summed E-state index contributed by atoms with van der Waals surface area (Å²) >= 11 is 0. The predicted octanol–water partition coefficient (Wildman–Crippen LogP) is 3.19. The maximum Gasteiger partial charge on any atom is 0.248 e. The third-order valence-electron chi connectivity index (χ3n) is 4.58. The predicted molar refractivity (Wildman–Crippen MR) is 116 cm³/mol. The second kappa shape index (κ2) is 10.4. The van der Waals surface area contributed by atoms with Gasteiger partial charge in [-0.3, -0.25) is 4.79 Å². The van der Waals surface area contributed by atoms with Gasteiger partial charge in [0.25, 0.3) is 0 Å². The summed E-state index contributed by atoms with van der Waals surface area (Å²) in [5.41, 5.74) is 1.38. The number of sulfonamides is 1. The molecular weight excluding hydrogens is 404 g/mol. The van der Waals surface area contributed by atoms with Crippen molar-refractivity contribution in [2.45, 2.75) is 30.8 Å². The lowest BCUT2D eigenvalue weighted by Crippen LogP contribution is -2.31. The van der Waals surface area contributed by atoms with E-state index in [1.54, 1.807) is 18.2 Å². The molecule has 1 saturated heterocycles. The summed E-state index contributed by atoms with van der Waals surface area (Å²) in [6, 6.07) is 13.4. The highest BCUT2D eigenvalue weighted by atomic mass is 32.2. The highest BCUT2D eigenvalue weighted by Gasteiger charge is 2.20. The Balaban J connectivity index is 1.53. The van der Waals surface area contributed by atoms with E-state index in [9.17, 15) is 13.2 Å². The number of anilines is 1. The summed E-state index contributed by atoms with van der Waals surface area (Å²) in [5, 5.41) is 2.71. The third-order valence-corrected chi connectivity index (χ3v) is 6.01. The molecule has 0 aliphatic carbocycles. The Kier molecular flexibility index (Phi) is 7.62. The Bertz CT molecular complexity index is 964. The molecule has 3 rings (SSSR count). The fourth-order valence-electron chi connectivity index (χ4n) is 3.01. The topological polar surface area (TPSA) is 93.7 Å². The summed E-state index contributed by atoms with van der Waals surface area (Å²) in [5.74, 6) is 0.468. The van der Waals surface area contributed by atoms with Crippen LogP contribution in [0.5, 0.6) is 5.75 Å². The summed E-state index contributed by atoms with van der Waals surface area (Å²) in [6.07, 6.45) is 4.86. The van der Waals surface area contributed by atoms with Gasteiger partial charge in [0.05, 0.1) is 17.6 Å².